The predicted octanol–water partition coefficient (Wildman–Crippen LogP) is 3.58. The van der Waals surface area contributed by atoms with E-state index in [9.17, 15) is 4.79 Å². The number of nitrogens with zero attached hydrogens (tertiary/aromatic N) is 2. The summed E-state index contributed by atoms with van der Waals surface area (Å²) in [7, 11) is 0. The summed E-state index contributed by atoms with van der Waals surface area (Å²) in [6.07, 6.45) is 7.25. The van der Waals surface area contributed by atoms with Crippen molar-refractivity contribution < 1.29 is 14.3 Å². The fourth-order valence-corrected chi connectivity index (χ4v) is 3.90. The van der Waals surface area contributed by atoms with Gasteiger partial charge in [0, 0.05) is 42.9 Å². The summed E-state index contributed by atoms with van der Waals surface area (Å²) >= 11 is 0. The molecule has 4 rings (SSSR count). The van der Waals surface area contributed by atoms with Crippen LogP contribution in [-0.2, 0) is 13.0 Å². The van der Waals surface area contributed by atoms with Gasteiger partial charge in [-0.25, -0.2) is 4.98 Å². The van der Waals surface area contributed by atoms with Crippen LogP contribution in [0.15, 0.2) is 24.4 Å². The number of H-pyrrole nitrogens is 1. The van der Waals surface area contributed by atoms with Gasteiger partial charge >= 0.3 is 0 Å². The Morgan fingerprint density at radius 3 is 3.11 bits per heavy atom. The molecule has 6 nitrogen and oxygen atoms in total. The Morgan fingerprint density at radius 2 is 2.22 bits per heavy atom. The van der Waals surface area contributed by atoms with Crippen LogP contribution in [0.1, 0.15) is 54.5 Å². The first-order valence-electron chi connectivity index (χ1n) is 9.92. The Balaban J connectivity index is 1.37. The maximum atomic E-state index is 13.0. The number of ether oxygens (including phenoxy) is 2. The van der Waals surface area contributed by atoms with Crippen LogP contribution in [0.5, 0.6) is 11.5 Å². The molecule has 2 aromatic rings. The van der Waals surface area contributed by atoms with Crippen LogP contribution in [-0.4, -0.2) is 40.5 Å². The minimum Gasteiger partial charge on any atom is -0.454 e. The normalized spacial score (nSPS) is 19.4. The van der Waals surface area contributed by atoms with E-state index < -0.39 is 0 Å². The number of piperidine rings is 1. The number of unbranched alkanes of at least 4 members (excludes halogenated alkanes) is 1. The van der Waals surface area contributed by atoms with Crippen molar-refractivity contribution in [1.82, 2.24) is 14.9 Å². The number of hydrogen-bond acceptors (Lipinski definition) is 5. The SMILES string of the molecule is CCCCc1ncc(CN2CCC[C@@H](C(=O)c3ccc4c(c3)OCO4)C2)[nH]1. The van der Waals surface area contributed by atoms with E-state index in [1.807, 2.05) is 24.4 Å². The third-order valence-electron chi connectivity index (χ3n) is 5.38. The van der Waals surface area contributed by atoms with Crippen molar-refractivity contribution in [2.45, 2.75) is 45.6 Å². The average Bonchev–Trinajstić information content (AvgIpc) is 3.34. The van der Waals surface area contributed by atoms with Gasteiger partial charge < -0.3 is 14.5 Å². The van der Waals surface area contributed by atoms with Gasteiger partial charge in [0.15, 0.2) is 17.3 Å². The molecule has 0 aliphatic carbocycles. The van der Waals surface area contributed by atoms with E-state index in [2.05, 4.69) is 21.8 Å². The lowest BCUT2D eigenvalue weighted by Crippen LogP contribution is -2.38. The zero-order valence-corrected chi connectivity index (χ0v) is 15.9. The van der Waals surface area contributed by atoms with Crippen molar-refractivity contribution in [2.24, 2.45) is 5.92 Å². The summed E-state index contributed by atoms with van der Waals surface area (Å²) in [5, 5.41) is 0. The number of aryl methyl sites for hydroxylation is 1. The topological polar surface area (TPSA) is 67.5 Å². The van der Waals surface area contributed by atoms with E-state index in [0.717, 1.165) is 68.1 Å². The summed E-state index contributed by atoms with van der Waals surface area (Å²) in [5.74, 6) is 2.69. The number of Topliss-reactive ketones (excluding diaryl/α,β-unsaturated/α-hetero) is 1. The number of imidazole rings is 1. The number of ketones is 1. The van der Waals surface area contributed by atoms with E-state index in [-0.39, 0.29) is 18.5 Å². The largest absolute Gasteiger partial charge is 0.454 e. The van der Waals surface area contributed by atoms with Gasteiger partial charge in [0.2, 0.25) is 6.79 Å². The Labute approximate surface area is 159 Å². The van der Waals surface area contributed by atoms with Gasteiger partial charge in [0.05, 0.1) is 0 Å². The first-order valence-corrected chi connectivity index (χ1v) is 9.92. The molecule has 1 N–H and O–H groups in total. The molecule has 1 aromatic heterocycles. The average molecular weight is 369 g/mol. The van der Waals surface area contributed by atoms with Crippen LogP contribution in [0, 0.1) is 5.92 Å². The first kappa shape index (κ1) is 18.0. The second-order valence-electron chi connectivity index (χ2n) is 7.47. The zero-order chi connectivity index (χ0) is 18.6. The predicted molar refractivity (Wildman–Crippen MR) is 102 cm³/mol. The molecule has 0 radical (unpaired) electrons. The molecule has 3 heterocycles. The molecule has 0 spiro atoms. The van der Waals surface area contributed by atoms with Gasteiger partial charge in [-0.1, -0.05) is 13.3 Å². The van der Waals surface area contributed by atoms with Crippen molar-refractivity contribution >= 4 is 5.78 Å². The van der Waals surface area contributed by atoms with Crippen molar-refractivity contribution in [3.63, 3.8) is 0 Å². The van der Waals surface area contributed by atoms with E-state index in [0.29, 0.717) is 5.75 Å². The third-order valence-corrected chi connectivity index (χ3v) is 5.38. The number of likely N-dealkylation sites (tertiary alicyclic amines) is 1. The number of nitrogens with one attached hydrogen (secondary N) is 1. The van der Waals surface area contributed by atoms with Crippen LogP contribution >= 0.6 is 0 Å². The highest BCUT2D eigenvalue weighted by Crippen LogP contribution is 2.34. The summed E-state index contributed by atoms with van der Waals surface area (Å²) in [5.41, 5.74) is 1.85. The molecule has 144 valence electrons. The van der Waals surface area contributed by atoms with Gasteiger partial charge in [-0.3, -0.25) is 9.69 Å². The number of carbonyl (C=O) groups excluding carboxylic acids is 1. The second-order valence-corrected chi connectivity index (χ2v) is 7.47. The second kappa shape index (κ2) is 8.13. The number of rotatable bonds is 7. The number of hydrogen-bond donors (Lipinski definition) is 1. The molecular formula is C21H27N3O3. The fourth-order valence-electron chi connectivity index (χ4n) is 3.90. The molecule has 1 fully saturated rings. The molecule has 0 amide bonds. The minimum atomic E-state index is 0.0293. The summed E-state index contributed by atoms with van der Waals surface area (Å²) in [6, 6.07) is 5.50. The maximum Gasteiger partial charge on any atom is 0.231 e. The van der Waals surface area contributed by atoms with Crippen molar-refractivity contribution in [1.29, 1.82) is 0 Å². The Kier molecular flexibility index (Phi) is 5.43. The Morgan fingerprint density at radius 1 is 1.33 bits per heavy atom. The van der Waals surface area contributed by atoms with Crippen LogP contribution < -0.4 is 9.47 Å². The van der Waals surface area contributed by atoms with Gasteiger partial charge in [0.1, 0.15) is 5.82 Å². The van der Waals surface area contributed by atoms with E-state index in [1.165, 1.54) is 6.42 Å². The third kappa shape index (κ3) is 4.16. The van der Waals surface area contributed by atoms with Crippen LogP contribution in [0.2, 0.25) is 0 Å². The van der Waals surface area contributed by atoms with E-state index in [1.54, 1.807) is 0 Å². The zero-order valence-electron chi connectivity index (χ0n) is 15.9. The highest BCUT2D eigenvalue weighted by molar-refractivity contribution is 5.98. The van der Waals surface area contributed by atoms with E-state index >= 15 is 0 Å². The molecule has 0 unspecified atom stereocenters. The highest BCUT2D eigenvalue weighted by Gasteiger charge is 2.28. The number of carbonyl (C=O) groups is 1. The van der Waals surface area contributed by atoms with Crippen LogP contribution in [0.4, 0.5) is 0 Å². The molecule has 6 heteroatoms. The number of fused-ring (bicyclic) bond motifs is 1. The number of benzene rings is 1. The first-order chi connectivity index (χ1) is 13.2. The minimum absolute atomic E-state index is 0.0293. The van der Waals surface area contributed by atoms with Crippen molar-refractivity contribution in [2.75, 3.05) is 19.9 Å². The van der Waals surface area contributed by atoms with E-state index in [4.69, 9.17) is 9.47 Å². The molecule has 1 atom stereocenters. The standard InChI is InChI=1S/C21H27N3O3/c1-2-3-6-20-22-11-17(23-20)13-24-9-4-5-16(12-24)21(25)15-7-8-18-19(10-15)27-14-26-18/h7-8,10-11,16H,2-6,9,12-14H2,1H3,(H,22,23)/t16-/m1/s1. The van der Waals surface area contributed by atoms with Gasteiger partial charge in [-0.15, -0.1) is 0 Å². The molecule has 0 saturated carbocycles. The fraction of sp³-hybridized carbons (Fsp3) is 0.524. The lowest BCUT2D eigenvalue weighted by molar-refractivity contribution is 0.0810. The molecule has 2 aliphatic rings. The molecule has 1 saturated heterocycles. The Hall–Kier alpha value is -2.34. The smallest absolute Gasteiger partial charge is 0.231 e. The van der Waals surface area contributed by atoms with Gasteiger partial charge in [-0.05, 0) is 44.0 Å². The molecule has 27 heavy (non-hydrogen) atoms. The van der Waals surface area contributed by atoms with Crippen LogP contribution in [0.25, 0.3) is 0 Å². The molecular weight excluding hydrogens is 342 g/mol. The van der Waals surface area contributed by atoms with Gasteiger partial charge in [-0.2, -0.15) is 0 Å². The quantitative estimate of drug-likeness (QED) is 0.756. The lowest BCUT2D eigenvalue weighted by Gasteiger charge is -2.31. The van der Waals surface area contributed by atoms with Crippen molar-refractivity contribution in [3.05, 3.63) is 41.5 Å². The van der Waals surface area contributed by atoms with Gasteiger partial charge in [0.25, 0.3) is 0 Å². The Bertz CT molecular complexity index is 802. The summed E-state index contributed by atoms with van der Waals surface area (Å²) < 4.78 is 10.7. The van der Waals surface area contributed by atoms with Crippen molar-refractivity contribution in [3.8, 4) is 11.5 Å². The monoisotopic (exact) mass is 369 g/mol. The summed E-state index contributed by atoms with van der Waals surface area (Å²) in [4.78, 5) is 23.2. The number of aromatic amines is 1. The number of aromatic nitrogens is 2. The molecule has 2 aliphatic heterocycles. The molecule has 1 aromatic carbocycles. The van der Waals surface area contributed by atoms with Crippen LogP contribution in [0.3, 0.4) is 0 Å². The highest BCUT2D eigenvalue weighted by atomic mass is 16.7. The lowest BCUT2D eigenvalue weighted by atomic mass is 9.90. The maximum absolute atomic E-state index is 13.0. The summed E-state index contributed by atoms with van der Waals surface area (Å²) in [6.45, 7) is 5.05. The molecule has 0 bridgehead atoms.